The maximum atomic E-state index is 2.45. The van der Waals surface area contributed by atoms with Crippen LogP contribution in [0.1, 0.15) is 52.7 Å². The van der Waals surface area contributed by atoms with Crippen LogP contribution in [0.5, 0.6) is 0 Å². The van der Waals surface area contributed by atoms with E-state index in [0.717, 1.165) is 0 Å². The van der Waals surface area contributed by atoms with E-state index in [1.165, 1.54) is 32.8 Å². The van der Waals surface area contributed by atoms with E-state index in [0.29, 0.717) is 11.2 Å². The molecule has 1 aliphatic heterocycles. The summed E-state index contributed by atoms with van der Waals surface area (Å²) in [6, 6.07) is 9.19. The Bertz CT molecular complexity index is 676. The molecule has 3 rings (SSSR count). The van der Waals surface area contributed by atoms with Crippen molar-refractivity contribution in [2.75, 3.05) is 0 Å². The number of hydrogen-bond acceptors (Lipinski definition) is 1. The molecule has 1 aromatic carbocycles. The Morgan fingerprint density at radius 3 is 2.23 bits per heavy atom. The minimum Gasteiger partial charge on any atom is -0.118 e. The normalized spacial score (nSPS) is 21.3. The molecule has 0 fully saturated rings. The molecule has 22 heavy (non-hydrogen) atoms. The predicted molar refractivity (Wildman–Crippen MR) is 100 cm³/mol. The molecule has 0 amide bonds. The van der Waals surface area contributed by atoms with E-state index in [2.05, 4.69) is 78.0 Å². The van der Waals surface area contributed by atoms with Crippen LogP contribution in [0.2, 0.25) is 0 Å². The van der Waals surface area contributed by atoms with Crippen LogP contribution in [0.3, 0.4) is 0 Å². The Labute approximate surface area is 139 Å². The molecule has 0 bridgehead atoms. The molecule has 0 spiro atoms. The summed E-state index contributed by atoms with van der Waals surface area (Å²) in [7, 11) is 0. The van der Waals surface area contributed by atoms with Crippen LogP contribution in [0.15, 0.2) is 52.5 Å². The van der Waals surface area contributed by atoms with Crippen LogP contribution in [-0.2, 0) is 5.41 Å². The zero-order valence-electron chi connectivity index (χ0n) is 14.5. The maximum Gasteiger partial charge on any atom is 0.0533 e. The largest absolute Gasteiger partial charge is 0.118 e. The fraction of sp³-hybridized carbons (Fsp3) is 0.429. The Balaban J connectivity index is 1.95. The lowest BCUT2D eigenvalue weighted by atomic mass is 9.85. The molecule has 1 unspecified atom stereocenters. The lowest BCUT2D eigenvalue weighted by Crippen LogP contribution is -2.10. The Morgan fingerprint density at radius 1 is 1.05 bits per heavy atom. The molecule has 0 saturated carbocycles. The quantitative estimate of drug-likeness (QED) is 0.613. The molecule has 0 N–H and O–H groups in total. The molecule has 1 aromatic rings. The van der Waals surface area contributed by atoms with E-state index in [1.54, 1.807) is 0 Å². The lowest BCUT2D eigenvalue weighted by molar-refractivity contribution is 0.590. The van der Waals surface area contributed by atoms with Crippen molar-refractivity contribution in [2.24, 2.45) is 5.92 Å². The van der Waals surface area contributed by atoms with Gasteiger partial charge in [-0.15, -0.1) is 11.8 Å². The van der Waals surface area contributed by atoms with Crippen molar-refractivity contribution in [1.82, 2.24) is 0 Å². The minimum absolute atomic E-state index is 0.216. The van der Waals surface area contributed by atoms with Gasteiger partial charge in [-0.2, -0.15) is 0 Å². The monoisotopic (exact) mass is 310 g/mol. The zero-order valence-corrected chi connectivity index (χ0v) is 15.3. The number of allylic oxidation sites excluding steroid dienone is 4. The van der Waals surface area contributed by atoms with Crippen LogP contribution in [0, 0.1) is 5.92 Å². The topological polar surface area (TPSA) is 0 Å². The fourth-order valence-corrected chi connectivity index (χ4v) is 4.48. The summed E-state index contributed by atoms with van der Waals surface area (Å²) >= 11 is 2.00. The smallest absolute Gasteiger partial charge is 0.0533 e. The van der Waals surface area contributed by atoms with E-state index in [-0.39, 0.29) is 5.41 Å². The third-order valence-corrected chi connectivity index (χ3v) is 5.82. The highest BCUT2D eigenvalue weighted by Gasteiger charge is 2.31. The van der Waals surface area contributed by atoms with E-state index in [1.807, 2.05) is 11.8 Å². The van der Waals surface area contributed by atoms with Gasteiger partial charge in [-0.25, -0.2) is 0 Å². The van der Waals surface area contributed by atoms with Gasteiger partial charge in [0.2, 0.25) is 0 Å². The van der Waals surface area contributed by atoms with Gasteiger partial charge in [0.25, 0.3) is 0 Å². The van der Waals surface area contributed by atoms with Crippen LogP contribution in [0.4, 0.5) is 0 Å². The summed E-state index contributed by atoms with van der Waals surface area (Å²) in [6.45, 7) is 13.6. The molecule has 0 nitrogen and oxygen atoms in total. The standard InChI is InChI=1S/C21H26S/c1-13(2)16-11-18-19(12-16)22-14(3)20(18)15-7-9-17(10-8-15)21(4,5)6/h7-13,19H,1-6H3. The van der Waals surface area contributed by atoms with Crippen LogP contribution >= 0.6 is 11.8 Å². The molecular formula is C21H26S. The molecule has 1 heteroatoms. The summed E-state index contributed by atoms with van der Waals surface area (Å²) in [6.07, 6.45) is 4.87. The van der Waals surface area contributed by atoms with Crippen molar-refractivity contribution in [2.45, 2.75) is 52.2 Å². The first-order chi connectivity index (χ1) is 10.3. The van der Waals surface area contributed by atoms with Crippen molar-refractivity contribution < 1.29 is 0 Å². The van der Waals surface area contributed by atoms with Gasteiger partial charge in [0, 0.05) is 0 Å². The molecular weight excluding hydrogens is 284 g/mol. The summed E-state index contributed by atoms with van der Waals surface area (Å²) in [4.78, 5) is 1.46. The molecule has 0 saturated heterocycles. The van der Waals surface area contributed by atoms with Crippen molar-refractivity contribution in [1.29, 1.82) is 0 Å². The Kier molecular flexibility index (Phi) is 3.89. The highest BCUT2D eigenvalue weighted by molar-refractivity contribution is 8.04. The first kappa shape index (κ1) is 15.7. The molecule has 1 heterocycles. The summed E-state index contributed by atoms with van der Waals surface area (Å²) in [5.41, 5.74) is 7.44. The summed E-state index contributed by atoms with van der Waals surface area (Å²) in [5, 5.41) is 0.537. The number of fused-ring (bicyclic) bond motifs is 1. The van der Waals surface area contributed by atoms with Crippen LogP contribution < -0.4 is 0 Å². The molecule has 0 aromatic heterocycles. The molecule has 116 valence electrons. The predicted octanol–water partition coefficient (Wildman–Crippen LogP) is 6.35. The third-order valence-electron chi connectivity index (χ3n) is 4.62. The highest BCUT2D eigenvalue weighted by Crippen LogP contribution is 2.50. The summed E-state index contributed by atoms with van der Waals surface area (Å²) in [5.74, 6) is 0.614. The molecule has 0 radical (unpaired) electrons. The molecule has 1 atom stereocenters. The van der Waals surface area contributed by atoms with E-state index >= 15 is 0 Å². The Morgan fingerprint density at radius 2 is 1.68 bits per heavy atom. The van der Waals surface area contributed by atoms with Gasteiger partial charge < -0.3 is 0 Å². The van der Waals surface area contributed by atoms with Crippen molar-refractivity contribution in [3.8, 4) is 0 Å². The maximum absolute atomic E-state index is 2.45. The van der Waals surface area contributed by atoms with Gasteiger partial charge >= 0.3 is 0 Å². The second-order valence-corrected chi connectivity index (χ2v) is 9.07. The van der Waals surface area contributed by atoms with Gasteiger partial charge in [-0.05, 0) is 51.0 Å². The summed E-state index contributed by atoms with van der Waals surface area (Å²) < 4.78 is 0. The highest BCUT2D eigenvalue weighted by atomic mass is 32.2. The van der Waals surface area contributed by atoms with Crippen molar-refractivity contribution >= 4 is 17.3 Å². The van der Waals surface area contributed by atoms with Gasteiger partial charge in [0.15, 0.2) is 0 Å². The van der Waals surface area contributed by atoms with Crippen molar-refractivity contribution in [3.05, 3.63) is 63.6 Å². The second-order valence-electron chi connectivity index (χ2n) is 7.72. The van der Waals surface area contributed by atoms with Gasteiger partial charge in [0.1, 0.15) is 0 Å². The SMILES string of the molecule is CC1=C(c2ccc(C(C)(C)C)cc2)C2=CC(C(C)C)=CC2S1. The van der Waals surface area contributed by atoms with E-state index in [4.69, 9.17) is 0 Å². The fourth-order valence-electron chi connectivity index (χ4n) is 3.20. The second kappa shape index (κ2) is 5.45. The number of rotatable bonds is 2. The molecule has 2 aliphatic rings. The average Bonchev–Trinajstić information content (AvgIpc) is 2.94. The van der Waals surface area contributed by atoms with Crippen LogP contribution in [0.25, 0.3) is 5.57 Å². The van der Waals surface area contributed by atoms with Crippen LogP contribution in [-0.4, -0.2) is 5.25 Å². The lowest BCUT2D eigenvalue weighted by Gasteiger charge is -2.19. The molecule has 1 aliphatic carbocycles. The number of thioether (sulfide) groups is 1. The first-order valence-corrected chi connectivity index (χ1v) is 9.07. The number of benzene rings is 1. The Hall–Kier alpha value is -1.21. The van der Waals surface area contributed by atoms with Gasteiger partial charge in [-0.1, -0.05) is 71.0 Å². The average molecular weight is 311 g/mol. The van der Waals surface area contributed by atoms with Crippen molar-refractivity contribution in [3.63, 3.8) is 0 Å². The zero-order chi connectivity index (χ0) is 16.1. The van der Waals surface area contributed by atoms with E-state index < -0.39 is 0 Å². The first-order valence-electron chi connectivity index (χ1n) is 8.19. The van der Waals surface area contributed by atoms with Gasteiger partial charge in [0.05, 0.1) is 5.25 Å². The van der Waals surface area contributed by atoms with E-state index in [9.17, 15) is 0 Å². The third kappa shape index (κ3) is 2.72. The van der Waals surface area contributed by atoms with Gasteiger partial charge in [-0.3, -0.25) is 0 Å². The number of hydrogen-bond donors (Lipinski definition) is 0. The minimum atomic E-state index is 0.216.